The number of anilines is 1. The second-order valence-corrected chi connectivity index (χ2v) is 9.89. The summed E-state index contributed by atoms with van der Waals surface area (Å²) >= 11 is 1.57. The molecule has 1 aliphatic heterocycles. The van der Waals surface area contributed by atoms with Gasteiger partial charge < -0.3 is 19.9 Å². The van der Waals surface area contributed by atoms with E-state index in [0.717, 1.165) is 30.0 Å². The minimum atomic E-state index is 0.299. The van der Waals surface area contributed by atoms with Crippen molar-refractivity contribution < 1.29 is 5.11 Å². The molecule has 0 amide bonds. The van der Waals surface area contributed by atoms with E-state index in [4.69, 9.17) is 5.41 Å². The molecule has 0 aliphatic carbocycles. The van der Waals surface area contributed by atoms with E-state index in [9.17, 15) is 5.11 Å². The lowest BCUT2D eigenvalue weighted by molar-refractivity contribution is 0.286. The van der Waals surface area contributed by atoms with E-state index in [-0.39, 0.29) is 0 Å². The van der Waals surface area contributed by atoms with Crippen LogP contribution in [0.2, 0.25) is 0 Å². The van der Waals surface area contributed by atoms with Gasteiger partial charge in [0, 0.05) is 41.3 Å². The van der Waals surface area contributed by atoms with E-state index in [2.05, 4.69) is 46.1 Å². The summed E-state index contributed by atoms with van der Waals surface area (Å²) in [5.41, 5.74) is 4.64. The largest absolute Gasteiger partial charge is 0.508 e. The number of aryl methyl sites for hydroxylation is 1. The lowest BCUT2D eigenvalue weighted by atomic mass is 10.1. The predicted molar refractivity (Wildman–Crippen MR) is 138 cm³/mol. The highest BCUT2D eigenvalue weighted by atomic mass is 32.1. The van der Waals surface area contributed by atoms with Gasteiger partial charge in [-0.05, 0) is 86.3 Å². The van der Waals surface area contributed by atoms with E-state index in [0.29, 0.717) is 17.6 Å². The van der Waals surface area contributed by atoms with Gasteiger partial charge in [-0.2, -0.15) is 0 Å². The number of fused-ring (bicyclic) bond motifs is 1. The summed E-state index contributed by atoms with van der Waals surface area (Å²) in [6.07, 6.45) is 4.54. The zero-order chi connectivity index (χ0) is 22.8. The second-order valence-electron chi connectivity index (χ2n) is 8.95. The number of aromatic hydroxyl groups is 1. The zero-order valence-electron chi connectivity index (χ0n) is 18.9. The van der Waals surface area contributed by atoms with Crippen LogP contribution in [0, 0.1) is 5.41 Å². The number of nitrogens with zero attached hydrogens (tertiary/aromatic N) is 2. The van der Waals surface area contributed by atoms with E-state index in [1.165, 1.54) is 41.5 Å². The topological polar surface area (TPSA) is 64.3 Å². The standard InChI is InChI=1S/C27H30N4OS/c1-30-13-2-4-22(30)12-14-31-23(16-19-6-9-24(32)10-7-19)18-20-17-21(8-11-25(20)31)29-27(28)26-5-3-15-33-26/h3,5-11,15,17-18,22,32H,2,4,12-14,16H2,1H3,(H2,28,29). The van der Waals surface area contributed by atoms with Crippen LogP contribution >= 0.6 is 11.3 Å². The molecule has 4 aromatic rings. The Morgan fingerprint density at radius 2 is 2.00 bits per heavy atom. The normalized spacial score (nSPS) is 16.5. The number of likely N-dealkylation sites (tertiary alicyclic amines) is 1. The fourth-order valence-corrected chi connectivity index (χ4v) is 5.52. The Labute approximate surface area is 198 Å². The van der Waals surface area contributed by atoms with Crippen LogP contribution in [0.3, 0.4) is 0 Å². The first kappa shape index (κ1) is 21.7. The number of amidine groups is 1. The van der Waals surface area contributed by atoms with Crippen molar-refractivity contribution in [2.24, 2.45) is 0 Å². The Bertz CT molecular complexity index is 1240. The number of phenolic OH excluding ortho intramolecular Hbond substituents is 1. The summed E-state index contributed by atoms with van der Waals surface area (Å²) < 4.78 is 2.46. The molecule has 2 aromatic heterocycles. The van der Waals surface area contributed by atoms with Crippen molar-refractivity contribution in [1.82, 2.24) is 9.47 Å². The van der Waals surface area contributed by atoms with Gasteiger partial charge in [-0.1, -0.05) is 18.2 Å². The molecule has 5 nitrogen and oxygen atoms in total. The van der Waals surface area contributed by atoms with Crippen LogP contribution in [0.5, 0.6) is 5.75 Å². The maximum atomic E-state index is 9.66. The molecule has 1 unspecified atom stereocenters. The maximum Gasteiger partial charge on any atom is 0.140 e. The highest BCUT2D eigenvalue weighted by Gasteiger charge is 2.21. The Morgan fingerprint density at radius 3 is 2.73 bits per heavy atom. The molecule has 3 N–H and O–H groups in total. The van der Waals surface area contributed by atoms with E-state index >= 15 is 0 Å². The van der Waals surface area contributed by atoms with Crippen molar-refractivity contribution in [3.05, 3.63) is 82.2 Å². The van der Waals surface area contributed by atoms with Gasteiger partial charge in [0.1, 0.15) is 11.6 Å². The fourth-order valence-electron chi connectivity index (χ4n) is 4.89. The molecule has 6 heteroatoms. The molecule has 5 rings (SSSR count). The third-order valence-corrected chi connectivity index (χ3v) is 7.59. The Hall–Kier alpha value is -3.09. The number of hydrogen-bond acceptors (Lipinski definition) is 4. The smallest absolute Gasteiger partial charge is 0.140 e. The van der Waals surface area contributed by atoms with Gasteiger partial charge in [-0.3, -0.25) is 5.41 Å². The van der Waals surface area contributed by atoms with Gasteiger partial charge in [0.2, 0.25) is 0 Å². The lowest BCUT2D eigenvalue weighted by Gasteiger charge is -2.21. The van der Waals surface area contributed by atoms with Crippen LogP contribution in [-0.2, 0) is 13.0 Å². The molecule has 1 saturated heterocycles. The highest BCUT2D eigenvalue weighted by molar-refractivity contribution is 7.12. The lowest BCUT2D eigenvalue weighted by Crippen LogP contribution is -2.26. The maximum absolute atomic E-state index is 9.66. The highest BCUT2D eigenvalue weighted by Crippen LogP contribution is 2.28. The molecule has 1 aliphatic rings. The first-order chi connectivity index (χ1) is 16.1. The van der Waals surface area contributed by atoms with Crippen molar-refractivity contribution in [3.8, 4) is 5.75 Å². The van der Waals surface area contributed by atoms with Crippen LogP contribution in [0.25, 0.3) is 10.9 Å². The number of aromatic nitrogens is 1. The van der Waals surface area contributed by atoms with E-state index in [1.807, 2.05) is 29.6 Å². The molecular formula is C27H30N4OS. The molecule has 1 fully saturated rings. The summed E-state index contributed by atoms with van der Waals surface area (Å²) in [6, 6.07) is 20.8. The molecule has 0 radical (unpaired) electrons. The van der Waals surface area contributed by atoms with Crippen molar-refractivity contribution in [1.29, 1.82) is 5.41 Å². The second kappa shape index (κ2) is 9.41. The van der Waals surface area contributed by atoms with Crippen LogP contribution < -0.4 is 5.32 Å². The van der Waals surface area contributed by atoms with Gasteiger partial charge in [-0.25, -0.2) is 0 Å². The number of phenols is 1. The van der Waals surface area contributed by atoms with Crippen LogP contribution in [-0.4, -0.2) is 40.0 Å². The van der Waals surface area contributed by atoms with E-state index < -0.39 is 0 Å². The molecular weight excluding hydrogens is 428 g/mol. The summed E-state index contributed by atoms with van der Waals surface area (Å²) in [5.74, 6) is 0.727. The van der Waals surface area contributed by atoms with E-state index in [1.54, 1.807) is 23.5 Å². The molecule has 2 aromatic carbocycles. The molecule has 0 spiro atoms. The monoisotopic (exact) mass is 458 g/mol. The molecule has 170 valence electrons. The summed E-state index contributed by atoms with van der Waals surface area (Å²) in [4.78, 5) is 3.42. The molecule has 33 heavy (non-hydrogen) atoms. The van der Waals surface area contributed by atoms with Gasteiger partial charge in [0.15, 0.2) is 0 Å². The predicted octanol–water partition coefficient (Wildman–Crippen LogP) is 5.92. The minimum absolute atomic E-state index is 0.299. The van der Waals surface area contributed by atoms with Gasteiger partial charge in [0.25, 0.3) is 0 Å². The van der Waals surface area contributed by atoms with Crippen LogP contribution in [0.15, 0.2) is 66.0 Å². The fraction of sp³-hybridized carbons (Fsp3) is 0.296. The molecule has 1 atom stereocenters. The van der Waals surface area contributed by atoms with Gasteiger partial charge in [-0.15, -0.1) is 11.3 Å². The molecule has 3 heterocycles. The number of benzene rings is 2. The molecule has 0 bridgehead atoms. The number of nitrogens with one attached hydrogen (secondary N) is 2. The summed E-state index contributed by atoms with van der Waals surface area (Å²) in [7, 11) is 2.24. The zero-order valence-corrected chi connectivity index (χ0v) is 19.7. The third kappa shape index (κ3) is 4.82. The average Bonchev–Trinajstić information content (AvgIpc) is 3.54. The van der Waals surface area contributed by atoms with Crippen molar-refractivity contribution >= 4 is 33.8 Å². The first-order valence-corrected chi connectivity index (χ1v) is 12.4. The number of hydrogen-bond donors (Lipinski definition) is 3. The Morgan fingerprint density at radius 1 is 1.15 bits per heavy atom. The summed E-state index contributed by atoms with van der Waals surface area (Å²) in [5, 5.41) is 24.4. The average molecular weight is 459 g/mol. The number of thiophene rings is 1. The first-order valence-electron chi connectivity index (χ1n) is 11.6. The van der Waals surface area contributed by atoms with Crippen LogP contribution in [0.4, 0.5) is 5.69 Å². The third-order valence-electron chi connectivity index (χ3n) is 6.70. The Kier molecular flexibility index (Phi) is 6.20. The van der Waals surface area contributed by atoms with Gasteiger partial charge in [0.05, 0.1) is 4.88 Å². The van der Waals surface area contributed by atoms with Crippen molar-refractivity contribution in [3.63, 3.8) is 0 Å². The Balaban J connectivity index is 1.44. The van der Waals surface area contributed by atoms with Crippen molar-refractivity contribution in [2.75, 3.05) is 18.9 Å². The molecule has 0 saturated carbocycles. The quantitative estimate of drug-likeness (QED) is 0.238. The minimum Gasteiger partial charge on any atom is -0.508 e. The van der Waals surface area contributed by atoms with Crippen molar-refractivity contribution in [2.45, 2.75) is 38.3 Å². The SMILES string of the molecule is CN1CCCC1CCn1c(Cc2ccc(O)cc2)cc2cc(NC(=N)c3cccs3)ccc21. The van der Waals surface area contributed by atoms with Crippen LogP contribution in [0.1, 0.15) is 35.4 Å². The van der Waals surface area contributed by atoms with Gasteiger partial charge >= 0.3 is 0 Å². The number of rotatable bonds is 7. The summed E-state index contributed by atoms with van der Waals surface area (Å²) in [6.45, 7) is 2.19.